The van der Waals surface area contributed by atoms with Gasteiger partial charge in [0.1, 0.15) is 0 Å². The number of carbonyl (C=O) groups excluding carboxylic acids is 1. The number of carbonyl (C=O) groups is 1. The van der Waals surface area contributed by atoms with Gasteiger partial charge in [-0.15, -0.1) is 10.8 Å². The molecule has 0 atom stereocenters. The Bertz CT molecular complexity index is 915. The number of halogens is 2. The molecule has 0 spiro atoms. The van der Waals surface area contributed by atoms with E-state index in [4.69, 9.17) is 28.5 Å². The van der Waals surface area contributed by atoms with Gasteiger partial charge in [-0.2, -0.15) is 5.26 Å². The first-order valence-electron chi connectivity index (χ1n) is 7.65. The van der Waals surface area contributed by atoms with Gasteiger partial charge >= 0.3 is 0 Å². The highest BCUT2D eigenvalue weighted by atomic mass is 35.5. The molecule has 0 aromatic heterocycles. The minimum Gasteiger partial charge on any atom is -0.322 e. The predicted molar refractivity (Wildman–Crippen MR) is 105 cm³/mol. The van der Waals surface area contributed by atoms with Gasteiger partial charge in [0, 0.05) is 17.3 Å². The number of benzene rings is 2. The summed E-state index contributed by atoms with van der Waals surface area (Å²) < 4.78 is 21.7. The van der Waals surface area contributed by atoms with Crippen LogP contribution in [0.25, 0.3) is 0 Å². The molecule has 0 saturated carbocycles. The second kappa shape index (κ2) is 7.35. The molecule has 6 nitrogen and oxygen atoms in total. The molecular weight excluding hydrogens is 397 g/mol. The SMILES string of the molecule is N#Cc1cc(Cl)cc(NC(=O)c2cc(N3CCCS3(O)O)ccc2Cl)c1. The van der Waals surface area contributed by atoms with E-state index in [-0.39, 0.29) is 10.6 Å². The lowest BCUT2D eigenvalue weighted by molar-refractivity contribution is 0.102. The van der Waals surface area contributed by atoms with Gasteiger partial charge in [-0.05, 0) is 42.8 Å². The van der Waals surface area contributed by atoms with Gasteiger partial charge in [0.25, 0.3) is 5.91 Å². The Morgan fingerprint density at radius 3 is 2.65 bits per heavy atom. The maximum atomic E-state index is 12.6. The number of amides is 1. The first-order chi connectivity index (χ1) is 12.3. The minimum absolute atomic E-state index is 0.185. The van der Waals surface area contributed by atoms with Crippen LogP contribution in [0.4, 0.5) is 11.4 Å². The van der Waals surface area contributed by atoms with Gasteiger partial charge in [0.05, 0.1) is 33.7 Å². The summed E-state index contributed by atoms with van der Waals surface area (Å²) in [6.45, 7) is 0.491. The van der Waals surface area contributed by atoms with E-state index in [1.165, 1.54) is 28.6 Å². The topological polar surface area (TPSA) is 96.6 Å². The number of nitriles is 1. The lowest BCUT2D eigenvalue weighted by Crippen LogP contribution is -2.22. The van der Waals surface area contributed by atoms with Gasteiger partial charge in [-0.3, -0.25) is 18.2 Å². The molecule has 1 fully saturated rings. The fraction of sp³-hybridized carbons (Fsp3) is 0.176. The van der Waals surface area contributed by atoms with Crippen molar-refractivity contribution in [1.29, 1.82) is 5.26 Å². The van der Waals surface area contributed by atoms with E-state index in [2.05, 4.69) is 5.32 Å². The minimum atomic E-state index is -2.86. The van der Waals surface area contributed by atoms with E-state index in [9.17, 15) is 13.9 Å². The van der Waals surface area contributed by atoms with E-state index >= 15 is 0 Å². The molecule has 3 rings (SSSR count). The van der Waals surface area contributed by atoms with Crippen molar-refractivity contribution in [3.05, 3.63) is 57.6 Å². The van der Waals surface area contributed by atoms with Crippen molar-refractivity contribution in [2.45, 2.75) is 6.42 Å². The fourth-order valence-electron chi connectivity index (χ4n) is 2.72. The summed E-state index contributed by atoms with van der Waals surface area (Å²) in [5.74, 6) is -0.185. The van der Waals surface area contributed by atoms with E-state index in [1.54, 1.807) is 12.1 Å². The average molecular weight is 412 g/mol. The second-order valence-corrected chi connectivity index (χ2v) is 8.71. The number of hydrogen-bond donors (Lipinski definition) is 3. The predicted octanol–water partition coefficient (Wildman–Crippen LogP) is 4.99. The van der Waals surface area contributed by atoms with Crippen molar-refractivity contribution in [2.75, 3.05) is 21.9 Å². The molecule has 0 aliphatic carbocycles. The Balaban J connectivity index is 1.89. The summed E-state index contributed by atoms with van der Waals surface area (Å²) >= 11 is 12.1. The summed E-state index contributed by atoms with van der Waals surface area (Å²) in [6.07, 6.45) is 0.659. The lowest BCUT2D eigenvalue weighted by Gasteiger charge is -2.38. The largest absolute Gasteiger partial charge is 0.322 e. The maximum Gasteiger partial charge on any atom is 0.257 e. The van der Waals surface area contributed by atoms with Crippen molar-refractivity contribution in [1.82, 2.24) is 0 Å². The second-order valence-electron chi connectivity index (χ2n) is 5.75. The molecule has 1 amide bonds. The van der Waals surface area contributed by atoms with Crippen molar-refractivity contribution >= 4 is 51.3 Å². The third kappa shape index (κ3) is 3.90. The van der Waals surface area contributed by atoms with E-state index in [0.717, 1.165) is 0 Å². The monoisotopic (exact) mass is 411 g/mol. The normalized spacial score (nSPS) is 16.8. The van der Waals surface area contributed by atoms with Gasteiger partial charge < -0.3 is 5.32 Å². The number of nitrogens with zero attached hydrogens (tertiary/aromatic N) is 2. The number of nitrogens with one attached hydrogen (secondary N) is 1. The van der Waals surface area contributed by atoms with Crippen LogP contribution in [0.1, 0.15) is 22.3 Å². The third-order valence-electron chi connectivity index (χ3n) is 3.90. The number of rotatable bonds is 3. The van der Waals surface area contributed by atoms with E-state index in [1.807, 2.05) is 6.07 Å². The standard InChI is InChI=1S/C17H15Cl2N3O3S/c18-12-6-11(10-20)7-13(8-12)21-17(23)15-9-14(2-3-16(15)19)22-4-1-5-26(22,24)25/h2-3,6-9,24-25H,1,4-5H2,(H,21,23). The zero-order valence-corrected chi connectivity index (χ0v) is 15.8. The van der Waals surface area contributed by atoms with Crippen LogP contribution >= 0.6 is 34.0 Å². The molecule has 1 heterocycles. The molecule has 136 valence electrons. The average Bonchev–Trinajstić information content (AvgIpc) is 2.94. The van der Waals surface area contributed by atoms with Crippen LogP contribution in [0.2, 0.25) is 10.0 Å². The third-order valence-corrected chi connectivity index (χ3v) is 6.38. The van der Waals surface area contributed by atoms with Gasteiger partial charge in [-0.25, -0.2) is 0 Å². The Hall–Kier alpha value is -1.95. The van der Waals surface area contributed by atoms with Crippen LogP contribution in [0.15, 0.2) is 36.4 Å². The van der Waals surface area contributed by atoms with Crippen molar-refractivity contribution in [3.63, 3.8) is 0 Å². The van der Waals surface area contributed by atoms with Crippen LogP contribution < -0.4 is 9.62 Å². The smallest absolute Gasteiger partial charge is 0.257 e. The van der Waals surface area contributed by atoms with Crippen molar-refractivity contribution in [2.24, 2.45) is 0 Å². The molecule has 2 aromatic rings. The molecule has 26 heavy (non-hydrogen) atoms. The molecule has 0 unspecified atom stereocenters. The molecule has 9 heteroatoms. The highest BCUT2D eigenvalue weighted by molar-refractivity contribution is 8.25. The Morgan fingerprint density at radius 2 is 2.00 bits per heavy atom. The first-order valence-corrected chi connectivity index (χ1v) is 10.1. The summed E-state index contributed by atoms with van der Waals surface area (Å²) in [7, 11) is -2.86. The van der Waals surface area contributed by atoms with Gasteiger partial charge in [0.2, 0.25) is 0 Å². The molecule has 1 aliphatic rings. The quantitative estimate of drug-likeness (QED) is 0.660. The number of hydrogen-bond acceptors (Lipinski definition) is 5. The molecule has 0 radical (unpaired) electrons. The molecule has 0 bridgehead atoms. The van der Waals surface area contributed by atoms with E-state index in [0.29, 0.717) is 40.7 Å². The van der Waals surface area contributed by atoms with Crippen molar-refractivity contribution in [3.8, 4) is 6.07 Å². The zero-order valence-electron chi connectivity index (χ0n) is 13.4. The summed E-state index contributed by atoms with van der Waals surface area (Å²) in [6, 6.07) is 11.2. The summed E-state index contributed by atoms with van der Waals surface area (Å²) in [5, 5.41) is 12.2. The molecular formula is C17H15Cl2N3O3S. The molecule has 3 N–H and O–H groups in total. The Kier molecular flexibility index (Phi) is 5.32. The zero-order chi connectivity index (χ0) is 18.9. The van der Waals surface area contributed by atoms with Crippen molar-refractivity contribution < 1.29 is 13.9 Å². The first kappa shape index (κ1) is 18.8. The lowest BCUT2D eigenvalue weighted by atomic mass is 10.1. The summed E-state index contributed by atoms with van der Waals surface area (Å²) in [4.78, 5) is 12.6. The number of anilines is 2. The Morgan fingerprint density at radius 1 is 1.23 bits per heavy atom. The van der Waals surface area contributed by atoms with Crippen LogP contribution in [-0.2, 0) is 0 Å². The van der Waals surface area contributed by atoms with Crippen LogP contribution in [0, 0.1) is 11.3 Å². The molecule has 1 aliphatic heterocycles. The van der Waals surface area contributed by atoms with Crippen LogP contribution in [0.5, 0.6) is 0 Å². The van der Waals surface area contributed by atoms with E-state index < -0.39 is 16.7 Å². The van der Waals surface area contributed by atoms with Gasteiger partial charge in [-0.1, -0.05) is 23.2 Å². The summed E-state index contributed by atoms with van der Waals surface area (Å²) in [5.41, 5.74) is 1.38. The highest BCUT2D eigenvalue weighted by Gasteiger charge is 2.29. The van der Waals surface area contributed by atoms with Crippen LogP contribution in [0.3, 0.4) is 0 Å². The van der Waals surface area contributed by atoms with Gasteiger partial charge in [0.15, 0.2) is 0 Å². The molecule has 1 saturated heterocycles. The van der Waals surface area contributed by atoms with Crippen LogP contribution in [-0.4, -0.2) is 27.3 Å². The Labute approximate surface area is 162 Å². The maximum absolute atomic E-state index is 12.6. The highest BCUT2D eigenvalue weighted by Crippen LogP contribution is 2.51. The fourth-order valence-corrected chi connectivity index (χ4v) is 4.77. The molecule has 2 aromatic carbocycles.